The van der Waals surface area contributed by atoms with Gasteiger partial charge in [-0.25, -0.2) is 0 Å². The van der Waals surface area contributed by atoms with E-state index in [0.717, 1.165) is 62.0 Å². The second kappa shape index (κ2) is 7.87. The van der Waals surface area contributed by atoms with Crippen LogP contribution in [0.3, 0.4) is 0 Å². The van der Waals surface area contributed by atoms with Crippen LogP contribution in [0, 0.1) is 5.92 Å². The van der Waals surface area contributed by atoms with Gasteiger partial charge in [0, 0.05) is 17.0 Å². The van der Waals surface area contributed by atoms with Gasteiger partial charge >= 0.3 is 0 Å². The number of rotatable bonds is 3. The van der Waals surface area contributed by atoms with E-state index in [2.05, 4.69) is 11.4 Å². The van der Waals surface area contributed by atoms with E-state index in [9.17, 15) is 4.79 Å². The Hall–Kier alpha value is -0.770. The predicted octanol–water partition coefficient (Wildman–Crippen LogP) is 4.16. The van der Waals surface area contributed by atoms with Gasteiger partial charge in [0.2, 0.25) is 5.91 Å². The van der Waals surface area contributed by atoms with Crippen LogP contribution in [0.15, 0.2) is 24.3 Å². The Morgan fingerprint density at radius 1 is 1.22 bits per heavy atom. The molecule has 0 aromatic heterocycles. The van der Waals surface area contributed by atoms with Crippen molar-refractivity contribution in [2.24, 2.45) is 11.7 Å². The maximum absolute atomic E-state index is 12.8. The SMILES string of the molecule is Cl.NC1CCCC(C(=O)NC2(c3cccc(Cl)c3)CCCC2)C1. The molecule has 3 N–H and O–H groups in total. The molecule has 1 aromatic carbocycles. The molecule has 0 bridgehead atoms. The zero-order valence-electron chi connectivity index (χ0n) is 13.4. The summed E-state index contributed by atoms with van der Waals surface area (Å²) in [6, 6.07) is 8.12. The van der Waals surface area contributed by atoms with Crippen molar-refractivity contribution in [3.8, 4) is 0 Å². The number of amides is 1. The number of nitrogens with two attached hydrogens (primary N) is 1. The quantitative estimate of drug-likeness (QED) is 0.853. The highest BCUT2D eigenvalue weighted by atomic mass is 35.5. The fraction of sp³-hybridized carbons (Fsp3) is 0.611. The van der Waals surface area contributed by atoms with Crippen molar-refractivity contribution in [3.63, 3.8) is 0 Å². The van der Waals surface area contributed by atoms with Gasteiger partial charge in [-0.1, -0.05) is 43.0 Å². The van der Waals surface area contributed by atoms with E-state index in [1.807, 2.05) is 18.2 Å². The monoisotopic (exact) mass is 356 g/mol. The van der Waals surface area contributed by atoms with Crippen LogP contribution in [-0.2, 0) is 10.3 Å². The molecule has 2 aliphatic rings. The van der Waals surface area contributed by atoms with Crippen LogP contribution in [-0.4, -0.2) is 11.9 Å². The average Bonchev–Trinajstić information content (AvgIpc) is 2.97. The first-order valence-electron chi connectivity index (χ1n) is 8.43. The van der Waals surface area contributed by atoms with Gasteiger partial charge in [0.1, 0.15) is 0 Å². The molecule has 2 fully saturated rings. The number of halogens is 2. The van der Waals surface area contributed by atoms with Crippen LogP contribution in [0.2, 0.25) is 5.02 Å². The van der Waals surface area contributed by atoms with Gasteiger partial charge in [0.25, 0.3) is 0 Å². The van der Waals surface area contributed by atoms with Crippen molar-refractivity contribution in [3.05, 3.63) is 34.9 Å². The van der Waals surface area contributed by atoms with Gasteiger partial charge < -0.3 is 11.1 Å². The molecule has 3 nitrogen and oxygen atoms in total. The lowest BCUT2D eigenvalue weighted by Gasteiger charge is -2.34. The molecule has 2 unspecified atom stereocenters. The summed E-state index contributed by atoms with van der Waals surface area (Å²) >= 11 is 6.16. The highest BCUT2D eigenvalue weighted by Gasteiger charge is 2.39. The van der Waals surface area contributed by atoms with Crippen molar-refractivity contribution in [2.45, 2.75) is 62.9 Å². The lowest BCUT2D eigenvalue weighted by Crippen LogP contribution is -2.48. The number of carbonyl (C=O) groups is 1. The van der Waals surface area contributed by atoms with Gasteiger partial charge in [-0.3, -0.25) is 4.79 Å². The van der Waals surface area contributed by atoms with E-state index in [1.54, 1.807) is 0 Å². The number of carbonyl (C=O) groups excluding carboxylic acids is 1. The molecule has 2 atom stereocenters. The van der Waals surface area contributed by atoms with E-state index >= 15 is 0 Å². The first kappa shape index (κ1) is 18.6. The summed E-state index contributed by atoms with van der Waals surface area (Å²) in [6.07, 6.45) is 8.18. The van der Waals surface area contributed by atoms with E-state index in [4.69, 9.17) is 17.3 Å². The van der Waals surface area contributed by atoms with Crippen molar-refractivity contribution in [1.29, 1.82) is 0 Å². The maximum Gasteiger partial charge on any atom is 0.223 e. The molecule has 0 aliphatic heterocycles. The van der Waals surface area contributed by atoms with Crippen molar-refractivity contribution >= 4 is 29.9 Å². The molecule has 0 radical (unpaired) electrons. The molecule has 2 aliphatic carbocycles. The summed E-state index contributed by atoms with van der Waals surface area (Å²) in [5, 5.41) is 4.11. The zero-order chi connectivity index (χ0) is 15.6. The number of nitrogens with one attached hydrogen (secondary N) is 1. The molecule has 5 heteroatoms. The van der Waals surface area contributed by atoms with E-state index in [-0.39, 0.29) is 35.8 Å². The third-order valence-electron chi connectivity index (χ3n) is 5.28. The molecule has 128 valence electrons. The van der Waals surface area contributed by atoms with Crippen molar-refractivity contribution in [1.82, 2.24) is 5.32 Å². The Bertz CT molecular complexity index is 544. The molecule has 0 saturated heterocycles. The Labute approximate surface area is 149 Å². The topological polar surface area (TPSA) is 55.1 Å². The second-order valence-electron chi connectivity index (χ2n) is 6.91. The van der Waals surface area contributed by atoms with Crippen LogP contribution in [0.5, 0.6) is 0 Å². The summed E-state index contributed by atoms with van der Waals surface area (Å²) < 4.78 is 0. The summed E-state index contributed by atoms with van der Waals surface area (Å²) in [5.74, 6) is 0.248. The summed E-state index contributed by atoms with van der Waals surface area (Å²) in [7, 11) is 0. The molecule has 3 rings (SSSR count). The average molecular weight is 357 g/mol. The highest BCUT2D eigenvalue weighted by Crippen LogP contribution is 2.40. The minimum atomic E-state index is -0.233. The van der Waals surface area contributed by atoms with Crippen LogP contribution < -0.4 is 11.1 Å². The van der Waals surface area contributed by atoms with E-state index in [1.165, 1.54) is 0 Å². The van der Waals surface area contributed by atoms with Crippen molar-refractivity contribution < 1.29 is 4.79 Å². The Kier molecular flexibility index (Phi) is 6.35. The standard InChI is InChI=1S/C18H25ClN2O.ClH/c19-15-7-4-6-14(12-15)18(9-1-2-10-18)21-17(22)13-5-3-8-16(20)11-13;/h4,6-7,12-13,16H,1-3,5,8-11,20H2,(H,21,22);1H. The fourth-order valence-corrected chi connectivity index (χ4v) is 4.24. The van der Waals surface area contributed by atoms with Gasteiger partial charge in [-0.15, -0.1) is 12.4 Å². The summed E-state index contributed by atoms with van der Waals surface area (Å²) in [6.45, 7) is 0. The van der Waals surface area contributed by atoms with Crippen LogP contribution >= 0.6 is 24.0 Å². The normalized spacial score (nSPS) is 26.3. The first-order valence-corrected chi connectivity index (χ1v) is 8.80. The van der Waals surface area contributed by atoms with Gasteiger partial charge in [0.05, 0.1) is 5.54 Å². The first-order chi connectivity index (χ1) is 10.6. The largest absolute Gasteiger partial charge is 0.346 e. The smallest absolute Gasteiger partial charge is 0.223 e. The summed E-state index contributed by atoms with van der Waals surface area (Å²) in [4.78, 5) is 12.8. The minimum absolute atomic E-state index is 0. The lowest BCUT2D eigenvalue weighted by atomic mass is 9.83. The summed E-state index contributed by atoms with van der Waals surface area (Å²) in [5.41, 5.74) is 6.95. The van der Waals surface area contributed by atoms with Gasteiger partial charge in [-0.2, -0.15) is 0 Å². The van der Waals surface area contributed by atoms with E-state index in [0.29, 0.717) is 0 Å². The highest BCUT2D eigenvalue weighted by molar-refractivity contribution is 6.30. The molecular weight excluding hydrogens is 331 g/mol. The lowest BCUT2D eigenvalue weighted by molar-refractivity contribution is -0.128. The number of hydrogen-bond acceptors (Lipinski definition) is 2. The molecule has 1 aromatic rings. The van der Waals surface area contributed by atoms with Crippen LogP contribution in [0.4, 0.5) is 0 Å². The Balaban J connectivity index is 0.00000192. The fourth-order valence-electron chi connectivity index (χ4n) is 4.05. The molecule has 0 heterocycles. The number of hydrogen-bond donors (Lipinski definition) is 2. The van der Waals surface area contributed by atoms with Crippen LogP contribution in [0.1, 0.15) is 56.9 Å². The third kappa shape index (κ3) is 4.20. The number of benzene rings is 1. The molecule has 2 saturated carbocycles. The van der Waals surface area contributed by atoms with Gasteiger partial charge in [-0.05, 0) is 49.8 Å². The van der Waals surface area contributed by atoms with E-state index < -0.39 is 0 Å². The molecule has 1 amide bonds. The van der Waals surface area contributed by atoms with Gasteiger partial charge in [0.15, 0.2) is 0 Å². The van der Waals surface area contributed by atoms with Crippen LogP contribution in [0.25, 0.3) is 0 Å². The molecular formula is C18H26Cl2N2O. The predicted molar refractivity (Wildman–Crippen MR) is 96.9 cm³/mol. The minimum Gasteiger partial charge on any atom is -0.346 e. The van der Waals surface area contributed by atoms with Crippen molar-refractivity contribution in [2.75, 3.05) is 0 Å². The Morgan fingerprint density at radius 3 is 2.61 bits per heavy atom. The zero-order valence-corrected chi connectivity index (χ0v) is 15.0. The third-order valence-corrected chi connectivity index (χ3v) is 5.52. The maximum atomic E-state index is 12.8. The second-order valence-corrected chi connectivity index (χ2v) is 7.35. The molecule has 0 spiro atoms. The Morgan fingerprint density at radius 2 is 1.96 bits per heavy atom. The molecule has 23 heavy (non-hydrogen) atoms.